The fourth-order valence-electron chi connectivity index (χ4n) is 6.98. The van der Waals surface area contributed by atoms with Gasteiger partial charge in [0.2, 0.25) is 5.95 Å². The molecule has 1 aromatic carbocycles. The Morgan fingerprint density at radius 2 is 1.95 bits per heavy atom. The Kier molecular flexibility index (Phi) is 7.43. The standard InChI is InChI=1S/C32H39N7O2/c1-4-41-28-16-27(36-18-25(28)17-33)22(2)39-21-32(8-7-9-32)29-24(20-37-11-5-6-12-37)14-23(15-26(29)30(39)40)19-38-13-10-35-31(38)34-3/h10,13-16,18,22H,4-9,11-12,19-21H2,1-3H3,(H,34,35)/t22-/m0/s1. The molecular formula is C32H39N7O2. The third-order valence-electron chi connectivity index (χ3n) is 9.17. The van der Waals surface area contributed by atoms with Crippen LogP contribution in [-0.4, -0.2) is 63.5 Å². The van der Waals surface area contributed by atoms with Gasteiger partial charge in [0.25, 0.3) is 5.91 Å². The van der Waals surface area contributed by atoms with E-state index >= 15 is 0 Å². The lowest BCUT2D eigenvalue weighted by atomic mass is 9.60. The van der Waals surface area contributed by atoms with Crippen molar-refractivity contribution in [2.45, 2.75) is 70.5 Å². The number of carbonyl (C=O) groups is 1. The van der Waals surface area contributed by atoms with Crippen molar-refractivity contribution in [1.82, 2.24) is 24.3 Å². The normalized spacial score (nSPS) is 18.6. The number of hydrogen-bond donors (Lipinski definition) is 1. The first-order chi connectivity index (χ1) is 20.0. The molecule has 1 saturated carbocycles. The van der Waals surface area contributed by atoms with Crippen LogP contribution in [0.1, 0.15) is 90.3 Å². The average molecular weight is 554 g/mol. The second kappa shape index (κ2) is 11.2. The minimum Gasteiger partial charge on any atom is -0.492 e. The van der Waals surface area contributed by atoms with Crippen molar-refractivity contribution >= 4 is 11.9 Å². The summed E-state index contributed by atoms with van der Waals surface area (Å²) in [4.78, 5) is 28.0. The molecule has 1 aliphatic carbocycles. The highest BCUT2D eigenvalue weighted by molar-refractivity contribution is 5.98. The van der Waals surface area contributed by atoms with E-state index in [-0.39, 0.29) is 17.4 Å². The molecule has 1 amide bonds. The van der Waals surface area contributed by atoms with Gasteiger partial charge < -0.3 is 19.5 Å². The molecule has 6 rings (SSSR count). The van der Waals surface area contributed by atoms with Crippen LogP contribution in [0, 0.1) is 11.3 Å². The number of likely N-dealkylation sites (tertiary alicyclic amines) is 1. The summed E-state index contributed by atoms with van der Waals surface area (Å²) in [6.45, 7) is 8.83. The lowest BCUT2D eigenvalue weighted by Crippen LogP contribution is -2.54. The summed E-state index contributed by atoms with van der Waals surface area (Å²) >= 11 is 0. The van der Waals surface area contributed by atoms with E-state index in [4.69, 9.17) is 4.74 Å². The Labute approximate surface area is 242 Å². The molecule has 0 radical (unpaired) electrons. The summed E-state index contributed by atoms with van der Waals surface area (Å²) in [7, 11) is 1.88. The van der Waals surface area contributed by atoms with Crippen LogP contribution in [0.15, 0.2) is 36.8 Å². The van der Waals surface area contributed by atoms with Crippen LogP contribution in [0.2, 0.25) is 0 Å². The number of rotatable bonds is 9. The molecule has 41 heavy (non-hydrogen) atoms. The average Bonchev–Trinajstić information content (AvgIpc) is 3.64. The maximum Gasteiger partial charge on any atom is 0.254 e. The topological polar surface area (TPSA) is 99.3 Å². The molecule has 1 spiro atoms. The van der Waals surface area contributed by atoms with Crippen LogP contribution >= 0.6 is 0 Å². The molecule has 2 aromatic heterocycles. The van der Waals surface area contributed by atoms with Crippen LogP contribution < -0.4 is 10.1 Å². The van der Waals surface area contributed by atoms with Crippen molar-refractivity contribution in [2.24, 2.45) is 0 Å². The third-order valence-corrected chi connectivity index (χ3v) is 9.17. The lowest BCUT2D eigenvalue weighted by molar-refractivity contribution is 0.0482. The van der Waals surface area contributed by atoms with Gasteiger partial charge >= 0.3 is 0 Å². The lowest BCUT2D eigenvalue weighted by Gasteiger charge is -2.52. The Morgan fingerprint density at radius 1 is 1.15 bits per heavy atom. The van der Waals surface area contributed by atoms with Crippen LogP contribution in [0.3, 0.4) is 0 Å². The van der Waals surface area contributed by atoms with Crippen molar-refractivity contribution in [1.29, 1.82) is 5.26 Å². The van der Waals surface area contributed by atoms with Gasteiger partial charge in [-0.15, -0.1) is 0 Å². The Balaban J connectivity index is 1.42. The maximum atomic E-state index is 14.4. The number of ether oxygens (including phenoxy) is 1. The largest absolute Gasteiger partial charge is 0.492 e. The minimum atomic E-state index is -0.254. The predicted octanol–water partition coefficient (Wildman–Crippen LogP) is 4.87. The van der Waals surface area contributed by atoms with E-state index in [1.807, 2.05) is 38.1 Å². The molecular weight excluding hydrogens is 514 g/mol. The summed E-state index contributed by atoms with van der Waals surface area (Å²) in [5, 5.41) is 12.7. The number of nitrogens with one attached hydrogen (secondary N) is 1. The second-order valence-electron chi connectivity index (χ2n) is 11.7. The molecule has 4 heterocycles. The summed E-state index contributed by atoms with van der Waals surface area (Å²) in [5.74, 6) is 1.38. The predicted molar refractivity (Wildman–Crippen MR) is 157 cm³/mol. The number of anilines is 1. The molecule has 9 nitrogen and oxygen atoms in total. The van der Waals surface area contributed by atoms with Gasteiger partial charge in [-0.05, 0) is 75.4 Å². The van der Waals surface area contributed by atoms with Crippen molar-refractivity contribution in [3.8, 4) is 11.8 Å². The molecule has 2 aliphatic heterocycles. The molecule has 9 heteroatoms. The van der Waals surface area contributed by atoms with Crippen molar-refractivity contribution in [3.05, 3.63) is 70.3 Å². The van der Waals surface area contributed by atoms with Crippen LogP contribution in [0.25, 0.3) is 0 Å². The number of fused-ring (bicyclic) bond motifs is 2. The SMILES string of the molecule is CCOc1cc([C@H](C)N2CC3(CCC3)c3c(CN4CCCC4)cc(Cn4ccnc4NC)cc3C2=O)ncc1C#N. The number of pyridine rings is 1. The Morgan fingerprint density at radius 3 is 2.63 bits per heavy atom. The number of aromatic nitrogens is 3. The van der Waals surface area contributed by atoms with E-state index in [1.54, 1.807) is 12.4 Å². The number of benzene rings is 1. The highest BCUT2D eigenvalue weighted by Gasteiger charge is 2.49. The quantitative estimate of drug-likeness (QED) is 0.403. The van der Waals surface area contributed by atoms with Crippen LogP contribution in [0.5, 0.6) is 5.75 Å². The summed E-state index contributed by atoms with van der Waals surface area (Å²) < 4.78 is 7.83. The fraction of sp³-hybridized carbons (Fsp3) is 0.500. The van der Waals surface area contributed by atoms with Crippen molar-refractivity contribution in [3.63, 3.8) is 0 Å². The highest BCUT2D eigenvalue weighted by Crippen LogP contribution is 2.51. The summed E-state index contributed by atoms with van der Waals surface area (Å²) in [5.41, 5.74) is 5.63. The molecule has 2 fully saturated rings. The fourth-order valence-corrected chi connectivity index (χ4v) is 6.98. The Bertz CT molecular complexity index is 1480. The van der Waals surface area contributed by atoms with Gasteiger partial charge in [-0.2, -0.15) is 5.26 Å². The van der Waals surface area contributed by atoms with Gasteiger partial charge in [-0.3, -0.25) is 14.7 Å². The van der Waals surface area contributed by atoms with Gasteiger partial charge in [0, 0.05) is 55.8 Å². The van der Waals surface area contributed by atoms with E-state index in [2.05, 4.69) is 43.0 Å². The number of nitrogens with zero attached hydrogens (tertiary/aromatic N) is 6. The first-order valence-corrected chi connectivity index (χ1v) is 14.9. The zero-order valence-electron chi connectivity index (χ0n) is 24.3. The Hall–Kier alpha value is -3.90. The number of amides is 1. The molecule has 214 valence electrons. The van der Waals surface area contributed by atoms with Crippen molar-refractivity contribution in [2.75, 3.05) is 38.6 Å². The van der Waals surface area contributed by atoms with Crippen LogP contribution in [0.4, 0.5) is 5.95 Å². The number of carbonyl (C=O) groups excluding carboxylic acids is 1. The van der Waals surface area contributed by atoms with Gasteiger partial charge in [0.15, 0.2) is 0 Å². The van der Waals surface area contributed by atoms with Gasteiger partial charge in [-0.1, -0.05) is 12.5 Å². The minimum absolute atomic E-state index is 0.0361. The third kappa shape index (κ3) is 4.95. The summed E-state index contributed by atoms with van der Waals surface area (Å²) in [6, 6.07) is 8.21. The van der Waals surface area contributed by atoms with E-state index in [1.165, 1.54) is 30.4 Å². The van der Waals surface area contributed by atoms with E-state index in [0.29, 0.717) is 31.0 Å². The van der Waals surface area contributed by atoms with Gasteiger partial charge in [0.05, 0.1) is 24.9 Å². The first-order valence-electron chi connectivity index (χ1n) is 14.9. The molecule has 0 bridgehead atoms. The van der Waals surface area contributed by atoms with E-state index in [0.717, 1.165) is 55.2 Å². The monoisotopic (exact) mass is 553 g/mol. The molecule has 1 N–H and O–H groups in total. The van der Waals surface area contributed by atoms with E-state index in [9.17, 15) is 10.1 Å². The highest BCUT2D eigenvalue weighted by atomic mass is 16.5. The number of nitriles is 1. The first kappa shape index (κ1) is 27.3. The zero-order valence-corrected chi connectivity index (χ0v) is 24.3. The number of hydrogen-bond acceptors (Lipinski definition) is 7. The molecule has 0 unspecified atom stereocenters. The molecule has 1 saturated heterocycles. The second-order valence-corrected chi connectivity index (χ2v) is 11.7. The molecule has 3 aromatic rings. The van der Waals surface area contributed by atoms with Gasteiger partial charge in [-0.25, -0.2) is 4.98 Å². The molecule has 3 aliphatic rings. The van der Waals surface area contributed by atoms with Crippen molar-refractivity contribution < 1.29 is 9.53 Å². The van der Waals surface area contributed by atoms with Gasteiger partial charge in [0.1, 0.15) is 17.4 Å². The van der Waals surface area contributed by atoms with E-state index < -0.39 is 0 Å². The smallest absolute Gasteiger partial charge is 0.254 e. The summed E-state index contributed by atoms with van der Waals surface area (Å²) in [6.07, 6.45) is 11.1. The van der Waals surface area contributed by atoms with Crippen LogP contribution in [-0.2, 0) is 18.5 Å². The molecule has 1 atom stereocenters. The number of imidazole rings is 1. The maximum absolute atomic E-state index is 14.4. The zero-order chi connectivity index (χ0) is 28.6.